The molecule has 0 aromatic heterocycles. The summed E-state index contributed by atoms with van der Waals surface area (Å²) < 4.78 is 0. The van der Waals surface area contributed by atoms with Crippen molar-refractivity contribution < 1.29 is 24.9 Å². The van der Waals surface area contributed by atoms with Crippen LogP contribution in [0.3, 0.4) is 0 Å². The third-order valence-corrected chi connectivity index (χ3v) is 4.80. The van der Waals surface area contributed by atoms with E-state index >= 15 is 0 Å². The second-order valence-corrected chi connectivity index (χ2v) is 6.79. The van der Waals surface area contributed by atoms with E-state index in [1.165, 1.54) is 0 Å². The molecule has 3 N–H and O–H groups in total. The molecule has 0 aromatic carbocycles. The van der Waals surface area contributed by atoms with Gasteiger partial charge in [0.2, 0.25) is 0 Å². The van der Waals surface area contributed by atoms with E-state index in [1.54, 1.807) is 0 Å². The van der Waals surface area contributed by atoms with Crippen molar-refractivity contribution in [3.8, 4) is 0 Å². The maximum absolute atomic E-state index is 12.0. The van der Waals surface area contributed by atoms with Gasteiger partial charge in [-0.1, -0.05) is 37.8 Å². The fourth-order valence-electron chi connectivity index (χ4n) is 3.37. The number of carboxylic acids is 1. The minimum atomic E-state index is -0.763. The maximum atomic E-state index is 12.0. The number of Topliss-reactive ketones (excluding diaryl/α,β-unsaturated/α-hetero) is 1. The zero-order valence-electron chi connectivity index (χ0n) is 14.5. The highest BCUT2D eigenvalue weighted by Gasteiger charge is 2.32. The van der Waals surface area contributed by atoms with Crippen molar-refractivity contribution in [3.63, 3.8) is 0 Å². The third-order valence-electron chi connectivity index (χ3n) is 4.80. The van der Waals surface area contributed by atoms with Gasteiger partial charge < -0.3 is 15.3 Å². The van der Waals surface area contributed by atoms with Gasteiger partial charge in [0.05, 0.1) is 6.10 Å². The standard InChI is InChI=1S/C19H32O5/c20-14-6-2-3-7-16(21)12-10-15-11-13-18(22)17(15)8-4-1-5-9-19(23)24/h10,12,15-17,20-21H,1-9,11,13-14H2,(H,23,24). The molecule has 0 amide bonds. The molecule has 0 aliphatic heterocycles. The van der Waals surface area contributed by atoms with E-state index in [0.29, 0.717) is 25.0 Å². The normalized spacial score (nSPS) is 22.3. The van der Waals surface area contributed by atoms with Crippen molar-refractivity contribution in [3.05, 3.63) is 12.2 Å². The molecule has 0 spiro atoms. The number of carbonyl (C=O) groups excluding carboxylic acids is 1. The van der Waals surface area contributed by atoms with Gasteiger partial charge in [-0.2, -0.15) is 0 Å². The monoisotopic (exact) mass is 340 g/mol. The topological polar surface area (TPSA) is 94.8 Å². The van der Waals surface area contributed by atoms with Gasteiger partial charge in [0.15, 0.2) is 0 Å². The SMILES string of the molecule is O=C(O)CCCCCC1C(=O)CCC1C=CC(O)CCCCCO. The van der Waals surface area contributed by atoms with Crippen LogP contribution in [0, 0.1) is 11.8 Å². The second kappa shape index (κ2) is 12.2. The smallest absolute Gasteiger partial charge is 0.303 e. The molecule has 1 aliphatic rings. The molecule has 0 radical (unpaired) electrons. The minimum Gasteiger partial charge on any atom is -0.481 e. The summed E-state index contributed by atoms with van der Waals surface area (Å²) in [5, 5.41) is 27.3. The van der Waals surface area contributed by atoms with E-state index in [1.807, 2.05) is 12.2 Å². The molecule has 3 atom stereocenters. The Kier molecular flexibility index (Phi) is 10.6. The van der Waals surface area contributed by atoms with Gasteiger partial charge in [0.1, 0.15) is 5.78 Å². The number of aliphatic hydroxyl groups is 2. The van der Waals surface area contributed by atoms with Crippen LogP contribution in [0.15, 0.2) is 12.2 Å². The van der Waals surface area contributed by atoms with Crippen LogP contribution in [0.25, 0.3) is 0 Å². The van der Waals surface area contributed by atoms with E-state index in [2.05, 4.69) is 0 Å². The fourth-order valence-corrected chi connectivity index (χ4v) is 3.37. The van der Waals surface area contributed by atoms with Crippen LogP contribution in [-0.4, -0.2) is 39.8 Å². The van der Waals surface area contributed by atoms with E-state index < -0.39 is 12.1 Å². The van der Waals surface area contributed by atoms with Crippen LogP contribution < -0.4 is 0 Å². The van der Waals surface area contributed by atoms with E-state index in [9.17, 15) is 14.7 Å². The molecule has 3 unspecified atom stereocenters. The summed E-state index contributed by atoms with van der Waals surface area (Å²) in [6.45, 7) is 0.199. The van der Waals surface area contributed by atoms with E-state index in [4.69, 9.17) is 10.2 Å². The number of ketones is 1. The number of aliphatic carboxylic acids is 1. The quantitative estimate of drug-likeness (QED) is 0.354. The summed E-state index contributed by atoms with van der Waals surface area (Å²) in [6, 6.07) is 0. The Morgan fingerprint density at radius 3 is 2.62 bits per heavy atom. The van der Waals surface area contributed by atoms with Gasteiger partial charge in [0, 0.05) is 25.4 Å². The van der Waals surface area contributed by atoms with Crippen molar-refractivity contribution in [2.75, 3.05) is 6.61 Å². The Labute approximate surface area is 144 Å². The lowest BCUT2D eigenvalue weighted by atomic mass is 9.89. The molecule has 1 fully saturated rings. The number of aliphatic hydroxyl groups excluding tert-OH is 2. The van der Waals surface area contributed by atoms with E-state index in [0.717, 1.165) is 44.9 Å². The first-order valence-corrected chi connectivity index (χ1v) is 9.26. The Balaban J connectivity index is 2.30. The van der Waals surface area contributed by atoms with Crippen LogP contribution in [0.4, 0.5) is 0 Å². The number of rotatable bonds is 13. The zero-order chi connectivity index (χ0) is 17.8. The summed E-state index contributed by atoms with van der Waals surface area (Å²) in [7, 11) is 0. The van der Waals surface area contributed by atoms with Crippen LogP contribution in [-0.2, 0) is 9.59 Å². The summed E-state index contributed by atoms with van der Waals surface area (Å²) in [6.07, 6.45) is 11.5. The average Bonchev–Trinajstić information content (AvgIpc) is 2.89. The highest BCUT2D eigenvalue weighted by Crippen LogP contribution is 2.34. The predicted octanol–water partition coefficient (Wildman–Crippen LogP) is 3.09. The first-order chi connectivity index (χ1) is 11.5. The van der Waals surface area contributed by atoms with Gasteiger partial charge in [-0.15, -0.1) is 0 Å². The van der Waals surface area contributed by atoms with Crippen LogP contribution >= 0.6 is 0 Å². The number of allylic oxidation sites excluding steroid dienone is 1. The number of hydrogen-bond donors (Lipinski definition) is 3. The molecule has 0 heterocycles. The van der Waals surface area contributed by atoms with Gasteiger partial charge in [0.25, 0.3) is 0 Å². The van der Waals surface area contributed by atoms with Crippen molar-refractivity contribution >= 4 is 11.8 Å². The van der Waals surface area contributed by atoms with E-state index in [-0.39, 0.29) is 24.9 Å². The minimum absolute atomic E-state index is 0.0349. The van der Waals surface area contributed by atoms with Gasteiger partial charge in [-0.3, -0.25) is 9.59 Å². The van der Waals surface area contributed by atoms with Crippen LogP contribution in [0.5, 0.6) is 0 Å². The summed E-state index contributed by atoms with van der Waals surface area (Å²) >= 11 is 0. The number of unbranched alkanes of at least 4 members (excludes halogenated alkanes) is 4. The van der Waals surface area contributed by atoms with Crippen LogP contribution in [0.2, 0.25) is 0 Å². The lowest BCUT2D eigenvalue weighted by Crippen LogP contribution is -2.14. The van der Waals surface area contributed by atoms with Gasteiger partial charge >= 0.3 is 5.97 Å². The Hall–Kier alpha value is -1.20. The third kappa shape index (κ3) is 8.60. The highest BCUT2D eigenvalue weighted by atomic mass is 16.4. The molecule has 24 heavy (non-hydrogen) atoms. The molecule has 1 rings (SSSR count). The lowest BCUT2D eigenvalue weighted by Gasteiger charge is -2.15. The maximum Gasteiger partial charge on any atom is 0.303 e. The molecule has 5 heteroatoms. The first-order valence-electron chi connectivity index (χ1n) is 9.26. The van der Waals surface area contributed by atoms with Gasteiger partial charge in [-0.05, 0) is 38.0 Å². The fraction of sp³-hybridized carbons (Fsp3) is 0.789. The van der Waals surface area contributed by atoms with Crippen molar-refractivity contribution in [2.45, 2.75) is 76.7 Å². The molecule has 5 nitrogen and oxygen atoms in total. The first kappa shape index (κ1) is 20.8. The Morgan fingerprint density at radius 2 is 1.92 bits per heavy atom. The van der Waals surface area contributed by atoms with Crippen molar-refractivity contribution in [1.29, 1.82) is 0 Å². The van der Waals surface area contributed by atoms with Crippen LogP contribution in [0.1, 0.15) is 70.6 Å². The molecule has 0 saturated heterocycles. The molecule has 0 bridgehead atoms. The van der Waals surface area contributed by atoms with Crippen molar-refractivity contribution in [2.24, 2.45) is 11.8 Å². The Bertz CT molecular complexity index is 405. The Morgan fingerprint density at radius 1 is 1.17 bits per heavy atom. The average molecular weight is 340 g/mol. The lowest BCUT2D eigenvalue weighted by molar-refractivity contribution is -0.137. The highest BCUT2D eigenvalue weighted by molar-refractivity contribution is 5.83. The molecular formula is C19H32O5. The second-order valence-electron chi connectivity index (χ2n) is 6.79. The zero-order valence-corrected chi connectivity index (χ0v) is 14.5. The number of carboxylic acid groups (broad SMARTS) is 1. The molecule has 1 saturated carbocycles. The molecule has 1 aliphatic carbocycles. The van der Waals surface area contributed by atoms with Crippen molar-refractivity contribution in [1.82, 2.24) is 0 Å². The number of carbonyl (C=O) groups is 2. The summed E-state index contributed by atoms with van der Waals surface area (Å²) in [5.74, 6) is -0.210. The van der Waals surface area contributed by atoms with Gasteiger partial charge in [-0.25, -0.2) is 0 Å². The summed E-state index contributed by atoms with van der Waals surface area (Å²) in [5.41, 5.74) is 0. The number of hydrogen-bond acceptors (Lipinski definition) is 4. The molecular weight excluding hydrogens is 308 g/mol. The summed E-state index contributed by atoms with van der Waals surface area (Å²) in [4.78, 5) is 22.5. The molecule has 138 valence electrons. The largest absolute Gasteiger partial charge is 0.481 e. The predicted molar refractivity (Wildman–Crippen MR) is 92.6 cm³/mol. The molecule has 0 aromatic rings.